The maximum Gasteiger partial charge on any atom is 0.0337 e. The molecule has 0 heteroatoms. The summed E-state index contributed by atoms with van der Waals surface area (Å²) in [6, 6.07) is 0. The Morgan fingerprint density at radius 2 is 0.929 bits per heavy atom. The summed E-state index contributed by atoms with van der Waals surface area (Å²) in [4.78, 5) is 0. The molecule has 4 aliphatic carbocycles. The molecule has 2 atom stereocenters. The van der Waals surface area contributed by atoms with Gasteiger partial charge in [-0.05, 0) is 57.1 Å². The molecular weight excluding hydrogens is 336 g/mol. The van der Waals surface area contributed by atoms with Crippen LogP contribution in [-0.2, 0) is 0 Å². The minimum absolute atomic E-state index is 0.0566. The van der Waals surface area contributed by atoms with E-state index < -0.39 is 0 Å². The summed E-state index contributed by atoms with van der Waals surface area (Å²) in [7, 11) is 0. The number of hydrogen-bond acceptors (Lipinski definition) is 0. The van der Waals surface area contributed by atoms with Crippen molar-refractivity contribution in [3.8, 4) is 0 Å². The van der Waals surface area contributed by atoms with Crippen LogP contribution in [-0.4, -0.2) is 0 Å². The molecule has 0 nitrogen and oxygen atoms in total. The van der Waals surface area contributed by atoms with Crippen LogP contribution in [0.25, 0.3) is 0 Å². The molecule has 0 heterocycles. The van der Waals surface area contributed by atoms with E-state index in [0.29, 0.717) is 0 Å². The predicted molar refractivity (Wildman–Crippen MR) is 122 cm³/mol. The van der Waals surface area contributed by atoms with E-state index in [4.69, 9.17) is 0 Å². The SMILES string of the molecule is CCC12C3=CC=C4C=C(C(C)(C)C)C=C(C=CC1=CC(C(C)(C)C)=C3)C42CC. The molecule has 0 aromatic carbocycles. The third-order valence-corrected chi connectivity index (χ3v) is 7.62. The van der Waals surface area contributed by atoms with Gasteiger partial charge in [-0.1, -0.05) is 104 Å². The van der Waals surface area contributed by atoms with Crippen molar-refractivity contribution >= 4 is 0 Å². The van der Waals surface area contributed by atoms with Crippen LogP contribution in [0.4, 0.5) is 0 Å². The van der Waals surface area contributed by atoms with Gasteiger partial charge in [-0.15, -0.1) is 0 Å². The lowest BCUT2D eigenvalue weighted by atomic mass is 9.42. The Labute approximate surface area is 172 Å². The summed E-state index contributed by atoms with van der Waals surface area (Å²) < 4.78 is 0. The molecule has 0 fully saturated rings. The van der Waals surface area contributed by atoms with Gasteiger partial charge in [0.05, 0.1) is 0 Å². The van der Waals surface area contributed by atoms with Crippen LogP contribution in [0.15, 0.2) is 82.0 Å². The molecule has 4 rings (SSSR count). The second kappa shape index (κ2) is 5.85. The minimum Gasteiger partial charge on any atom is -0.0642 e. The summed E-state index contributed by atoms with van der Waals surface area (Å²) in [6.45, 7) is 18.7. The first-order chi connectivity index (χ1) is 13.0. The summed E-state index contributed by atoms with van der Waals surface area (Å²) >= 11 is 0. The van der Waals surface area contributed by atoms with E-state index in [1.807, 2.05) is 0 Å². The van der Waals surface area contributed by atoms with Crippen molar-refractivity contribution in [1.82, 2.24) is 0 Å². The Morgan fingerprint density at radius 1 is 0.571 bits per heavy atom. The summed E-state index contributed by atoms with van der Waals surface area (Å²) in [5, 5.41) is 0. The Bertz CT molecular complexity index is 859. The van der Waals surface area contributed by atoms with Gasteiger partial charge in [0.15, 0.2) is 0 Å². The van der Waals surface area contributed by atoms with Crippen molar-refractivity contribution in [2.45, 2.75) is 68.2 Å². The van der Waals surface area contributed by atoms with E-state index in [2.05, 4.69) is 104 Å². The fraction of sp³-hybridized carbons (Fsp3) is 0.500. The molecule has 0 aliphatic heterocycles. The van der Waals surface area contributed by atoms with Gasteiger partial charge < -0.3 is 0 Å². The first-order valence-electron chi connectivity index (χ1n) is 11.0. The first-order valence-corrected chi connectivity index (χ1v) is 11.0. The molecule has 0 radical (unpaired) electrons. The molecular formula is C28H36. The first kappa shape index (κ1) is 19.5. The van der Waals surface area contributed by atoms with Crippen LogP contribution in [0.3, 0.4) is 0 Å². The highest BCUT2D eigenvalue weighted by atomic mass is 14.6. The number of rotatable bonds is 2. The van der Waals surface area contributed by atoms with Crippen molar-refractivity contribution in [3.63, 3.8) is 0 Å². The molecule has 0 spiro atoms. The van der Waals surface area contributed by atoms with Crippen molar-refractivity contribution < 1.29 is 0 Å². The lowest BCUT2D eigenvalue weighted by molar-refractivity contribution is 0.182. The van der Waals surface area contributed by atoms with Crippen molar-refractivity contribution in [2.24, 2.45) is 21.7 Å². The highest BCUT2D eigenvalue weighted by molar-refractivity contribution is 5.69. The lowest BCUT2D eigenvalue weighted by Crippen LogP contribution is -2.51. The van der Waals surface area contributed by atoms with E-state index in [0.717, 1.165) is 12.8 Å². The molecule has 0 bridgehead atoms. The molecule has 0 amide bonds. The van der Waals surface area contributed by atoms with Crippen LogP contribution in [0.5, 0.6) is 0 Å². The van der Waals surface area contributed by atoms with Gasteiger partial charge in [-0.3, -0.25) is 0 Å². The maximum atomic E-state index is 2.50. The van der Waals surface area contributed by atoms with Gasteiger partial charge >= 0.3 is 0 Å². The van der Waals surface area contributed by atoms with Gasteiger partial charge in [0, 0.05) is 10.8 Å². The third-order valence-electron chi connectivity index (χ3n) is 7.62. The van der Waals surface area contributed by atoms with Gasteiger partial charge in [0.1, 0.15) is 0 Å². The zero-order valence-electron chi connectivity index (χ0n) is 19.0. The quantitative estimate of drug-likeness (QED) is 0.460. The average molecular weight is 373 g/mol. The molecule has 0 saturated carbocycles. The molecule has 148 valence electrons. The summed E-state index contributed by atoms with van der Waals surface area (Å²) in [5.41, 5.74) is 9.34. The fourth-order valence-corrected chi connectivity index (χ4v) is 5.97. The van der Waals surface area contributed by atoms with Gasteiger partial charge in [0.25, 0.3) is 0 Å². The smallest absolute Gasteiger partial charge is 0.0337 e. The second-order valence-corrected chi connectivity index (χ2v) is 11.0. The standard InChI is InChI=1S/C28H36/c1-9-27-19-11-13-21-17-24(26(6,7)8)18-22(28(21,27)10-2)14-12-20(27)16-23(15-19)25(3,4)5/h11-18H,9-10H2,1-8H3. The highest BCUT2D eigenvalue weighted by Crippen LogP contribution is 2.69. The average Bonchev–Trinajstić information content (AvgIpc) is 2.63. The summed E-state index contributed by atoms with van der Waals surface area (Å²) in [6.07, 6.45) is 21.9. The number of hydrogen-bond donors (Lipinski definition) is 0. The van der Waals surface area contributed by atoms with E-state index in [9.17, 15) is 0 Å². The Balaban J connectivity index is 2.06. The Hall–Kier alpha value is -1.82. The zero-order valence-corrected chi connectivity index (χ0v) is 19.0. The molecule has 28 heavy (non-hydrogen) atoms. The van der Waals surface area contributed by atoms with Crippen LogP contribution < -0.4 is 0 Å². The van der Waals surface area contributed by atoms with Crippen LogP contribution >= 0.6 is 0 Å². The lowest BCUT2D eigenvalue weighted by Gasteiger charge is -2.60. The summed E-state index contributed by atoms with van der Waals surface area (Å²) in [5.74, 6) is 0. The van der Waals surface area contributed by atoms with Gasteiger partial charge in [0.2, 0.25) is 0 Å². The van der Waals surface area contributed by atoms with Crippen molar-refractivity contribution in [1.29, 1.82) is 0 Å². The minimum atomic E-state index is 0.0566. The Kier molecular flexibility index (Phi) is 4.07. The van der Waals surface area contributed by atoms with E-state index >= 15 is 0 Å². The molecule has 2 unspecified atom stereocenters. The Morgan fingerprint density at radius 3 is 1.21 bits per heavy atom. The fourth-order valence-electron chi connectivity index (χ4n) is 5.97. The van der Waals surface area contributed by atoms with E-state index in [1.165, 1.54) is 33.4 Å². The molecule has 0 aromatic rings. The van der Waals surface area contributed by atoms with Crippen LogP contribution in [0.1, 0.15) is 68.2 Å². The van der Waals surface area contributed by atoms with Crippen molar-refractivity contribution in [3.05, 3.63) is 82.0 Å². The molecule has 0 saturated heterocycles. The molecule has 0 N–H and O–H groups in total. The zero-order chi connectivity index (χ0) is 20.5. The third kappa shape index (κ3) is 2.30. The van der Waals surface area contributed by atoms with E-state index in [1.54, 1.807) is 0 Å². The normalized spacial score (nSPS) is 31.1. The molecule has 4 aliphatic rings. The van der Waals surface area contributed by atoms with Gasteiger partial charge in [-0.2, -0.15) is 0 Å². The largest absolute Gasteiger partial charge is 0.0642 e. The van der Waals surface area contributed by atoms with Crippen molar-refractivity contribution in [2.75, 3.05) is 0 Å². The highest BCUT2D eigenvalue weighted by Gasteiger charge is 2.59. The topological polar surface area (TPSA) is 0 Å². The monoisotopic (exact) mass is 372 g/mol. The van der Waals surface area contributed by atoms with Gasteiger partial charge in [-0.25, -0.2) is 0 Å². The van der Waals surface area contributed by atoms with Crippen LogP contribution in [0, 0.1) is 21.7 Å². The number of allylic oxidation sites excluding steroid dienone is 14. The maximum absolute atomic E-state index is 2.50. The van der Waals surface area contributed by atoms with Crippen LogP contribution in [0.2, 0.25) is 0 Å². The molecule has 0 aromatic heterocycles. The predicted octanol–water partition coefficient (Wildman–Crippen LogP) is 8.04. The second-order valence-electron chi connectivity index (χ2n) is 11.0. The van der Waals surface area contributed by atoms with E-state index in [-0.39, 0.29) is 21.7 Å².